The summed E-state index contributed by atoms with van der Waals surface area (Å²) in [5.74, 6) is 0.299. The van der Waals surface area contributed by atoms with Gasteiger partial charge in [-0.25, -0.2) is 4.79 Å². The van der Waals surface area contributed by atoms with Crippen LogP contribution in [0.4, 0.5) is 4.79 Å². The van der Waals surface area contributed by atoms with Crippen molar-refractivity contribution < 1.29 is 29.0 Å². The molecule has 0 aromatic carbocycles. The minimum Gasteiger partial charge on any atom is -0.481 e. The lowest BCUT2D eigenvalue weighted by atomic mass is 9.34. The highest BCUT2D eigenvalue weighted by Gasteiger charge is 2.69. The van der Waals surface area contributed by atoms with Crippen molar-refractivity contribution >= 4 is 23.8 Å². The topological polar surface area (TPSA) is 122 Å². The summed E-state index contributed by atoms with van der Waals surface area (Å²) in [6.45, 7) is 20.3. The van der Waals surface area contributed by atoms with E-state index < -0.39 is 22.9 Å². The standard InChI is InChI=1S/C43H68N2O6/c1-26(2)34-29(46)23-43(45-37(50)44-25-27-13-11-10-12-14-27)22-21-41(8)28(35(34)43)15-16-31-40(7)19-18-32(51-33(47)24-38(3,4)36(48)49)39(5,6)30(40)17-20-42(31,41)9/h26-27,30-32,34H,10-25H2,1-9H3,(H,48,49)(H2,44,45,50)/t30?,31?,32-,34?,40-,41+,42+,43+/m0/s1. The first-order chi connectivity index (χ1) is 23.7. The summed E-state index contributed by atoms with van der Waals surface area (Å²) in [6.07, 6.45) is 13.8. The number of hydrogen-bond donors (Lipinski definition) is 3. The van der Waals surface area contributed by atoms with Crippen LogP contribution in [0.1, 0.15) is 159 Å². The number of allylic oxidation sites excluding steroid dienone is 1. The zero-order valence-corrected chi connectivity index (χ0v) is 33.3. The Balaban J connectivity index is 1.27. The van der Waals surface area contributed by atoms with E-state index in [4.69, 9.17) is 4.74 Å². The van der Waals surface area contributed by atoms with Gasteiger partial charge in [0.15, 0.2) is 0 Å². The summed E-state index contributed by atoms with van der Waals surface area (Å²) in [7, 11) is 0. The number of amides is 2. The minimum atomic E-state index is -1.16. The number of carboxylic acids is 1. The van der Waals surface area contributed by atoms with Gasteiger partial charge in [0.2, 0.25) is 0 Å². The maximum Gasteiger partial charge on any atom is 0.315 e. The summed E-state index contributed by atoms with van der Waals surface area (Å²) in [5.41, 5.74) is 0.753. The van der Waals surface area contributed by atoms with Crippen LogP contribution < -0.4 is 10.6 Å². The Morgan fingerprint density at radius 3 is 2.24 bits per heavy atom. The van der Waals surface area contributed by atoms with Crippen LogP contribution in [0.2, 0.25) is 0 Å². The Morgan fingerprint density at radius 2 is 1.59 bits per heavy atom. The van der Waals surface area contributed by atoms with Crippen LogP contribution in [-0.2, 0) is 19.1 Å². The second kappa shape index (κ2) is 13.2. The minimum absolute atomic E-state index is 0.0342. The van der Waals surface area contributed by atoms with E-state index in [1.54, 1.807) is 13.8 Å². The van der Waals surface area contributed by atoms with Crippen molar-refractivity contribution in [3.63, 3.8) is 0 Å². The van der Waals surface area contributed by atoms with E-state index >= 15 is 0 Å². The molecule has 3 unspecified atom stereocenters. The molecule has 0 heterocycles. The van der Waals surface area contributed by atoms with Gasteiger partial charge in [-0.05, 0) is 124 Å². The van der Waals surface area contributed by atoms with Gasteiger partial charge in [-0.1, -0.05) is 73.3 Å². The largest absolute Gasteiger partial charge is 0.481 e. The molecule has 0 spiro atoms. The Hall–Kier alpha value is -2.38. The van der Waals surface area contributed by atoms with Crippen LogP contribution in [0.15, 0.2) is 11.1 Å². The van der Waals surface area contributed by atoms with Crippen LogP contribution >= 0.6 is 0 Å². The van der Waals surface area contributed by atoms with Crippen molar-refractivity contribution in [3.8, 4) is 0 Å². The molecule has 5 saturated carbocycles. The van der Waals surface area contributed by atoms with E-state index in [9.17, 15) is 24.3 Å². The third kappa shape index (κ3) is 6.18. The number of esters is 1. The van der Waals surface area contributed by atoms with Crippen LogP contribution in [-0.4, -0.2) is 47.0 Å². The van der Waals surface area contributed by atoms with Gasteiger partial charge < -0.3 is 20.5 Å². The predicted molar refractivity (Wildman–Crippen MR) is 199 cm³/mol. The number of ketones is 1. The zero-order valence-electron chi connectivity index (χ0n) is 33.3. The molecular weight excluding hydrogens is 640 g/mol. The lowest BCUT2D eigenvalue weighted by molar-refractivity contribution is -0.214. The molecule has 0 aromatic heterocycles. The van der Waals surface area contributed by atoms with Crippen molar-refractivity contribution in [2.24, 2.45) is 56.7 Å². The van der Waals surface area contributed by atoms with E-state index in [1.165, 1.54) is 43.3 Å². The number of urea groups is 1. The number of Topliss-reactive ketones (excluding diaryl/α,β-unsaturated/α-hetero) is 1. The van der Waals surface area contributed by atoms with Crippen molar-refractivity contribution in [3.05, 3.63) is 11.1 Å². The van der Waals surface area contributed by atoms with Crippen molar-refractivity contribution in [2.45, 2.75) is 170 Å². The van der Waals surface area contributed by atoms with Crippen molar-refractivity contribution in [2.75, 3.05) is 6.54 Å². The fourth-order valence-electron chi connectivity index (χ4n) is 13.4. The Bertz CT molecular complexity index is 1460. The van der Waals surface area contributed by atoms with E-state index in [0.717, 1.165) is 51.4 Å². The van der Waals surface area contributed by atoms with Crippen LogP contribution in [0.5, 0.6) is 0 Å². The van der Waals surface area contributed by atoms with Gasteiger partial charge in [-0.3, -0.25) is 14.4 Å². The maximum absolute atomic E-state index is 14.0. The fourth-order valence-corrected chi connectivity index (χ4v) is 13.4. The summed E-state index contributed by atoms with van der Waals surface area (Å²) in [4.78, 5) is 52.4. The summed E-state index contributed by atoms with van der Waals surface area (Å²) in [6, 6.07) is -0.112. The number of carbonyl (C=O) groups excluding carboxylic acids is 3. The number of carboxylic acid groups (broad SMARTS) is 1. The molecule has 0 aliphatic heterocycles. The smallest absolute Gasteiger partial charge is 0.315 e. The number of ether oxygens (including phenoxy) is 1. The molecule has 5 fully saturated rings. The lowest BCUT2D eigenvalue weighted by Gasteiger charge is -2.70. The lowest BCUT2D eigenvalue weighted by Crippen LogP contribution is -2.65. The third-order valence-corrected chi connectivity index (χ3v) is 16.4. The number of fused-ring (bicyclic) bond motifs is 6. The predicted octanol–water partition coefficient (Wildman–Crippen LogP) is 9.01. The summed E-state index contributed by atoms with van der Waals surface area (Å²) in [5, 5.41) is 16.3. The molecule has 8 heteroatoms. The van der Waals surface area contributed by atoms with E-state index in [0.29, 0.717) is 30.7 Å². The first-order valence-electron chi connectivity index (χ1n) is 20.5. The van der Waals surface area contributed by atoms with Gasteiger partial charge >= 0.3 is 18.0 Å². The molecule has 8 atom stereocenters. The van der Waals surface area contributed by atoms with Crippen LogP contribution in [0, 0.1) is 56.7 Å². The Kier molecular flexibility index (Phi) is 9.91. The molecule has 0 radical (unpaired) electrons. The average Bonchev–Trinajstić information content (AvgIpc) is 3.33. The molecule has 51 heavy (non-hydrogen) atoms. The molecule has 0 bridgehead atoms. The second-order valence-corrected chi connectivity index (χ2v) is 20.3. The second-order valence-electron chi connectivity index (χ2n) is 20.3. The highest BCUT2D eigenvalue weighted by molar-refractivity contribution is 5.92. The van der Waals surface area contributed by atoms with Crippen molar-refractivity contribution in [1.29, 1.82) is 0 Å². The highest BCUT2D eigenvalue weighted by Crippen LogP contribution is 2.75. The number of carbonyl (C=O) groups is 4. The zero-order chi connectivity index (χ0) is 37.4. The molecular formula is C43H68N2O6. The van der Waals surface area contributed by atoms with Crippen LogP contribution in [0.3, 0.4) is 0 Å². The van der Waals surface area contributed by atoms with Gasteiger partial charge in [-0.2, -0.15) is 0 Å². The average molecular weight is 709 g/mol. The number of hydrogen-bond acceptors (Lipinski definition) is 5. The van der Waals surface area contributed by atoms with Gasteiger partial charge in [0.25, 0.3) is 0 Å². The van der Waals surface area contributed by atoms with Crippen LogP contribution in [0.25, 0.3) is 0 Å². The maximum atomic E-state index is 14.0. The monoisotopic (exact) mass is 709 g/mol. The first-order valence-corrected chi connectivity index (χ1v) is 20.5. The van der Waals surface area contributed by atoms with E-state index in [2.05, 4.69) is 59.1 Å². The molecule has 6 rings (SSSR count). The Labute approximate surface area is 307 Å². The number of rotatable bonds is 8. The summed E-state index contributed by atoms with van der Waals surface area (Å²) >= 11 is 0. The molecule has 286 valence electrons. The molecule has 2 amide bonds. The normalized spacial score (nSPS) is 39.4. The van der Waals surface area contributed by atoms with Gasteiger partial charge in [0.1, 0.15) is 11.9 Å². The SMILES string of the molecule is CC(C)C1C(=O)C[C@]2(NC(=O)NCC3CCCCC3)CC[C@]3(C)C(=C12)CCC1[C@@]2(C)CC[C@H](OC(=O)CC(C)(C)C(=O)O)C(C)(C)C2CC[C@]13C. The molecule has 8 nitrogen and oxygen atoms in total. The highest BCUT2D eigenvalue weighted by atomic mass is 16.5. The van der Waals surface area contributed by atoms with Gasteiger partial charge in [0.05, 0.1) is 17.4 Å². The van der Waals surface area contributed by atoms with E-state index in [1.807, 2.05) is 0 Å². The van der Waals surface area contributed by atoms with Gasteiger partial charge in [-0.15, -0.1) is 0 Å². The quantitative estimate of drug-likeness (QED) is 0.171. The molecule has 0 saturated heterocycles. The molecule has 0 aromatic rings. The molecule has 6 aliphatic carbocycles. The third-order valence-electron chi connectivity index (χ3n) is 16.4. The van der Waals surface area contributed by atoms with Crippen molar-refractivity contribution in [1.82, 2.24) is 10.6 Å². The molecule has 3 N–H and O–H groups in total. The Morgan fingerprint density at radius 1 is 0.902 bits per heavy atom. The fraction of sp³-hybridized carbons (Fsp3) is 0.860. The number of aliphatic carboxylic acids is 1. The number of nitrogens with one attached hydrogen (secondary N) is 2. The molecule has 6 aliphatic rings. The summed E-state index contributed by atoms with van der Waals surface area (Å²) < 4.78 is 6.16. The first kappa shape index (κ1) is 38.3. The van der Waals surface area contributed by atoms with Gasteiger partial charge in [0, 0.05) is 24.3 Å². The van der Waals surface area contributed by atoms with E-state index in [-0.39, 0.29) is 57.8 Å².